The Balaban J connectivity index is 2.97. The van der Waals surface area contributed by atoms with E-state index in [0.29, 0.717) is 28.9 Å². The summed E-state index contributed by atoms with van der Waals surface area (Å²) in [5.74, 6) is -1.68. The van der Waals surface area contributed by atoms with Crippen LogP contribution >= 0.6 is 11.6 Å². The van der Waals surface area contributed by atoms with Crippen molar-refractivity contribution < 1.29 is 14.4 Å². The molecule has 4 N–H and O–H groups in total. The fourth-order valence-electron chi connectivity index (χ4n) is 2.07. The molecule has 0 saturated carbocycles. The third-order valence-corrected chi connectivity index (χ3v) is 3.44. The van der Waals surface area contributed by atoms with E-state index in [2.05, 4.69) is 5.10 Å². The zero-order valence-electron chi connectivity index (χ0n) is 14.0. The molecule has 1 aromatic rings. The van der Waals surface area contributed by atoms with E-state index in [4.69, 9.17) is 23.1 Å². The molecule has 0 spiro atoms. The highest BCUT2D eigenvalue weighted by Crippen LogP contribution is 2.22. The van der Waals surface area contributed by atoms with Gasteiger partial charge in [0, 0.05) is 18.2 Å². The number of aromatic nitrogens is 2. The lowest BCUT2D eigenvalue weighted by molar-refractivity contribution is -0.134. The van der Waals surface area contributed by atoms with Gasteiger partial charge in [0.05, 0.1) is 5.69 Å². The molecule has 1 aromatic heterocycles. The summed E-state index contributed by atoms with van der Waals surface area (Å²) in [4.78, 5) is 35.1. The van der Waals surface area contributed by atoms with E-state index >= 15 is 0 Å². The molecule has 3 amide bonds. The van der Waals surface area contributed by atoms with E-state index < -0.39 is 30.8 Å². The molecule has 24 heavy (non-hydrogen) atoms. The van der Waals surface area contributed by atoms with Crippen molar-refractivity contribution in [3.63, 3.8) is 0 Å². The predicted octanol–water partition coefficient (Wildman–Crippen LogP) is 0.313. The standard InChI is InChI=1S/C15H22ClN5O3/c1-9(2)6-21-15(16)11(10(3)19-21)4-5-14(24)20(7-12(17)22)8-13(18)23/h4-5,9H,6-8H2,1-3H3,(H2,17,22)(H2,18,23)/b5-4+. The van der Waals surface area contributed by atoms with Crippen LogP contribution in [0.15, 0.2) is 6.08 Å². The molecule has 1 rings (SSSR count). The number of aryl methyl sites for hydroxylation is 1. The van der Waals surface area contributed by atoms with Crippen molar-refractivity contribution in [3.05, 3.63) is 22.5 Å². The van der Waals surface area contributed by atoms with Gasteiger partial charge in [-0.2, -0.15) is 5.10 Å². The molecule has 0 bridgehead atoms. The highest BCUT2D eigenvalue weighted by atomic mass is 35.5. The summed E-state index contributed by atoms with van der Waals surface area (Å²) in [5, 5.41) is 4.75. The van der Waals surface area contributed by atoms with E-state index in [1.807, 2.05) is 13.8 Å². The molecule has 0 saturated heterocycles. The van der Waals surface area contributed by atoms with Crippen LogP contribution in [0.2, 0.25) is 5.15 Å². The van der Waals surface area contributed by atoms with E-state index in [9.17, 15) is 14.4 Å². The van der Waals surface area contributed by atoms with E-state index in [1.165, 1.54) is 12.2 Å². The Hall–Kier alpha value is -2.35. The number of carbonyl (C=O) groups excluding carboxylic acids is 3. The minimum atomic E-state index is -0.739. The Morgan fingerprint density at radius 3 is 2.25 bits per heavy atom. The van der Waals surface area contributed by atoms with Crippen molar-refractivity contribution in [2.75, 3.05) is 13.1 Å². The lowest BCUT2D eigenvalue weighted by atomic mass is 10.2. The second-order valence-corrected chi connectivity index (χ2v) is 6.18. The Morgan fingerprint density at radius 2 is 1.79 bits per heavy atom. The summed E-state index contributed by atoms with van der Waals surface area (Å²) in [6.07, 6.45) is 2.71. The zero-order chi connectivity index (χ0) is 18.4. The van der Waals surface area contributed by atoms with Crippen LogP contribution < -0.4 is 11.5 Å². The summed E-state index contributed by atoms with van der Waals surface area (Å²) in [5.41, 5.74) is 11.4. The average molecular weight is 356 g/mol. The molecule has 0 atom stereocenters. The lowest BCUT2D eigenvalue weighted by Gasteiger charge is -2.17. The number of primary amides is 2. The lowest BCUT2D eigenvalue weighted by Crippen LogP contribution is -2.42. The van der Waals surface area contributed by atoms with Gasteiger partial charge < -0.3 is 16.4 Å². The van der Waals surface area contributed by atoms with Crippen LogP contribution in [0.1, 0.15) is 25.1 Å². The van der Waals surface area contributed by atoms with E-state index in [-0.39, 0.29) is 0 Å². The van der Waals surface area contributed by atoms with Gasteiger partial charge in [0.1, 0.15) is 18.2 Å². The number of nitrogens with two attached hydrogens (primary N) is 2. The summed E-state index contributed by atoms with van der Waals surface area (Å²) < 4.78 is 1.66. The molecule has 0 aliphatic rings. The largest absolute Gasteiger partial charge is 0.368 e. The molecule has 9 heteroatoms. The Morgan fingerprint density at radius 1 is 1.25 bits per heavy atom. The van der Waals surface area contributed by atoms with E-state index in [1.54, 1.807) is 11.6 Å². The molecule has 0 unspecified atom stereocenters. The third kappa shape index (κ3) is 5.69. The fraction of sp³-hybridized carbons (Fsp3) is 0.467. The molecular formula is C15H22ClN5O3. The minimum absolute atomic E-state index is 0.363. The highest BCUT2D eigenvalue weighted by Gasteiger charge is 2.17. The fourth-order valence-corrected chi connectivity index (χ4v) is 2.38. The molecule has 8 nitrogen and oxygen atoms in total. The van der Waals surface area contributed by atoms with Crippen molar-refractivity contribution in [2.45, 2.75) is 27.3 Å². The Labute approximate surface area is 145 Å². The van der Waals surface area contributed by atoms with Crippen molar-refractivity contribution in [1.82, 2.24) is 14.7 Å². The van der Waals surface area contributed by atoms with E-state index in [0.717, 1.165) is 4.90 Å². The predicted molar refractivity (Wildman–Crippen MR) is 90.8 cm³/mol. The van der Waals surface area contributed by atoms with Crippen molar-refractivity contribution in [1.29, 1.82) is 0 Å². The first-order valence-electron chi connectivity index (χ1n) is 7.38. The molecule has 0 aliphatic carbocycles. The first-order chi connectivity index (χ1) is 11.1. The van der Waals surface area contributed by atoms with Crippen molar-refractivity contribution in [3.8, 4) is 0 Å². The van der Waals surface area contributed by atoms with Gasteiger partial charge in [-0.1, -0.05) is 25.4 Å². The van der Waals surface area contributed by atoms with Crippen LogP contribution in [-0.2, 0) is 20.9 Å². The normalized spacial score (nSPS) is 11.2. The number of nitrogens with zero attached hydrogens (tertiary/aromatic N) is 3. The average Bonchev–Trinajstić information content (AvgIpc) is 2.68. The number of carbonyl (C=O) groups is 3. The number of hydrogen-bond acceptors (Lipinski definition) is 4. The van der Waals surface area contributed by atoms with Gasteiger partial charge in [-0.05, 0) is 18.9 Å². The molecule has 0 radical (unpaired) electrons. The second kappa shape index (κ2) is 8.49. The molecule has 0 aromatic carbocycles. The summed E-state index contributed by atoms with van der Waals surface area (Å²) >= 11 is 6.28. The number of hydrogen-bond donors (Lipinski definition) is 2. The van der Waals surface area contributed by atoms with Crippen LogP contribution in [-0.4, -0.2) is 45.5 Å². The number of halogens is 1. The summed E-state index contributed by atoms with van der Waals surface area (Å²) in [6, 6.07) is 0. The van der Waals surface area contributed by atoms with Gasteiger partial charge >= 0.3 is 0 Å². The SMILES string of the molecule is Cc1nn(CC(C)C)c(Cl)c1/C=C/C(=O)N(CC(N)=O)CC(N)=O. The minimum Gasteiger partial charge on any atom is -0.368 e. The molecule has 0 aliphatic heterocycles. The first kappa shape index (κ1) is 19.7. The summed E-state index contributed by atoms with van der Waals surface area (Å²) in [7, 11) is 0. The maximum absolute atomic E-state index is 12.1. The van der Waals surface area contributed by atoms with Gasteiger partial charge in [0.15, 0.2) is 0 Å². The van der Waals surface area contributed by atoms with Crippen molar-refractivity contribution >= 4 is 35.4 Å². The van der Waals surface area contributed by atoms with Crippen LogP contribution in [0, 0.1) is 12.8 Å². The van der Waals surface area contributed by atoms with Gasteiger partial charge in [-0.3, -0.25) is 19.1 Å². The highest BCUT2D eigenvalue weighted by molar-refractivity contribution is 6.31. The Kier molecular flexibility index (Phi) is 6.97. The van der Waals surface area contributed by atoms with Gasteiger partial charge in [-0.25, -0.2) is 0 Å². The third-order valence-electron chi connectivity index (χ3n) is 3.05. The molecule has 132 valence electrons. The maximum Gasteiger partial charge on any atom is 0.247 e. The monoisotopic (exact) mass is 355 g/mol. The first-order valence-corrected chi connectivity index (χ1v) is 7.76. The van der Waals surface area contributed by atoms with Crippen molar-refractivity contribution in [2.24, 2.45) is 17.4 Å². The number of amides is 3. The smallest absolute Gasteiger partial charge is 0.247 e. The summed E-state index contributed by atoms with van der Waals surface area (Å²) in [6.45, 7) is 5.71. The van der Waals surface area contributed by atoms with Crippen LogP contribution in [0.3, 0.4) is 0 Å². The topological polar surface area (TPSA) is 124 Å². The quantitative estimate of drug-likeness (QED) is 0.651. The number of rotatable bonds is 8. The van der Waals surface area contributed by atoms with Crippen LogP contribution in [0.4, 0.5) is 0 Å². The van der Waals surface area contributed by atoms with Gasteiger partial charge in [0.2, 0.25) is 17.7 Å². The second-order valence-electron chi connectivity index (χ2n) is 5.83. The van der Waals surface area contributed by atoms with Crippen LogP contribution in [0.5, 0.6) is 0 Å². The van der Waals surface area contributed by atoms with Gasteiger partial charge in [0.25, 0.3) is 0 Å². The molecule has 0 fully saturated rings. The maximum atomic E-state index is 12.1. The van der Waals surface area contributed by atoms with Crippen LogP contribution in [0.25, 0.3) is 6.08 Å². The van der Waals surface area contributed by atoms with Gasteiger partial charge in [-0.15, -0.1) is 0 Å². The zero-order valence-corrected chi connectivity index (χ0v) is 14.7. The molecule has 1 heterocycles. The Bertz CT molecular complexity index is 650. The molecular weight excluding hydrogens is 334 g/mol.